The molecule has 0 saturated heterocycles. The van der Waals surface area contributed by atoms with E-state index in [1.807, 2.05) is 59.2 Å². The summed E-state index contributed by atoms with van der Waals surface area (Å²) in [5.41, 5.74) is 2.46. The van der Waals surface area contributed by atoms with Crippen molar-refractivity contribution in [3.8, 4) is 34.2 Å². The van der Waals surface area contributed by atoms with Crippen LogP contribution in [-0.4, -0.2) is 24.9 Å². The molecule has 0 aliphatic heterocycles. The molecule has 0 aliphatic carbocycles. The van der Waals surface area contributed by atoms with E-state index in [0.717, 1.165) is 11.3 Å². The molecule has 0 saturated carbocycles. The number of benzene rings is 2. The lowest BCUT2D eigenvalue weighted by Gasteiger charge is -2.11. The summed E-state index contributed by atoms with van der Waals surface area (Å²) < 4.78 is 1.92. The molecular weight excluding hydrogens is 300 g/mol. The third-order valence-corrected chi connectivity index (χ3v) is 3.76. The number of para-hydroxylation sites is 1. The number of phenols is 1. The highest BCUT2D eigenvalue weighted by molar-refractivity contribution is 5.70. The van der Waals surface area contributed by atoms with Gasteiger partial charge in [0.15, 0.2) is 11.6 Å². The molecule has 24 heavy (non-hydrogen) atoms. The van der Waals surface area contributed by atoms with E-state index < -0.39 is 0 Å². The molecule has 5 nitrogen and oxygen atoms in total. The third-order valence-electron chi connectivity index (χ3n) is 3.76. The summed E-state index contributed by atoms with van der Waals surface area (Å²) in [6.45, 7) is 0. The van der Waals surface area contributed by atoms with Gasteiger partial charge in [0, 0.05) is 18.0 Å². The molecular formula is C19H14N4O. The van der Waals surface area contributed by atoms with E-state index in [1.54, 1.807) is 24.5 Å². The average molecular weight is 314 g/mol. The van der Waals surface area contributed by atoms with Gasteiger partial charge in [0.2, 0.25) is 0 Å². The van der Waals surface area contributed by atoms with Gasteiger partial charge in [-0.1, -0.05) is 42.5 Å². The molecule has 4 aromatic rings. The SMILES string of the molecule is Oc1ccccc1-c1nnc(-c2ccccc2)n1-c1ccncc1. The zero-order valence-electron chi connectivity index (χ0n) is 12.7. The molecule has 0 spiro atoms. The first kappa shape index (κ1) is 14.1. The van der Waals surface area contributed by atoms with E-state index in [2.05, 4.69) is 15.2 Å². The van der Waals surface area contributed by atoms with Crippen LogP contribution in [0.3, 0.4) is 0 Å². The summed E-state index contributed by atoms with van der Waals surface area (Å²) in [6.07, 6.45) is 3.44. The minimum atomic E-state index is 0.166. The highest BCUT2D eigenvalue weighted by Crippen LogP contribution is 2.32. The van der Waals surface area contributed by atoms with Gasteiger partial charge in [0.25, 0.3) is 0 Å². The van der Waals surface area contributed by atoms with E-state index in [1.165, 1.54) is 0 Å². The molecule has 0 unspecified atom stereocenters. The Morgan fingerprint density at radius 1 is 0.708 bits per heavy atom. The van der Waals surface area contributed by atoms with Gasteiger partial charge in [-0.25, -0.2) is 0 Å². The van der Waals surface area contributed by atoms with Gasteiger partial charge in [0.1, 0.15) is 5.75 Å². The Morgan fingerprint density at radius 3 is 2.12 bits per heavy atom. The summed E-state index contributed by atoms with van der Waals surface area (Å²) >= 11 is 0. The fourth-order valence-corrected chi connectivity index (χ4v) is 2.63. The first-order chi connectivity index (χ1) is 11.8. The van der Waals surface area contributed by atoms with Crippen LogP contribution in [0.25, 0.3) is 28.5 Å². The van der Waals surface area contributed by atoms with Crippen molar-refractivity contribution in [3.05, 3.63) is 79.1 Å². The van der Waals surface area contributed by atoms with Crippen LogP contribution in [0.4, 0.5) is 0 Å². The van der Waals surface area contributed by atoms with Crippen molar-refractivity contribution < 1.29 is 5.11 Å². The standard InChI is InChI=1S/C19H14N4O/c24-17-9-5-4-8-16(17)19-22-21-18(14-6-2-1-3-7-14)23(19)15-10-12-20-13-11-15/h1-13,24H. The topological polar surface area (TPSA) is 63.8 Å². The van der Waals surface area contributed by atoms with Crippen molar-refractivity contribution in [3.63, 3.8) is 0 Å². The molecule has 4 rings (SSSR count). The minimum Gasteiger partial charge on any atom is -0.507 e. The second kappa shape index (κ2) is 5.96. The summed E-state index contributed by atoms with van der Waals surface area (Å²) in [5.74, 6) is 1.46. The van der Waals surface area contributed by atoms with Crippen molar-refractivity contribution in [2.24, 2.45) is 0 Å². The van der Waals surface area contributed by atoms with Crippen LogP contribution in [0.1, 0.15) is 0 Å². The highest BCUT2D eigenvalue weighted by Gasteiger charge is 2.18. The number of aromatic hydroxyl groups is 1. The molecule has 0 radical (unpaired) electrons. The van der Waals surface area contributed by atoms with Gasteiger partial charge < -0.3 is 5.11 Å². The predicted molar refractivity (Wildman–Crippen MR) is 91.7 cm³/mol. The second-order valence-electron chi connectivity index (χ2n) is 5.27. The Balaban J connectivity index is 2.00. The molecule has 0 fully saturated rings. The number of aromatic nitrogens is 4. The minimum absolute atomic E-state index is 0.166. The predicted octanol–water partition coefficient (Wildman–Crippen LogP) is 3.70. The van der Waals surface area contributed by atoms with Crippen molar-refractivity contribution in [1.82, 2.24) is 19.7 Å². The zero-order valence-corrected chi connectivity index (χ0v) is 12.7. The Morgan fingerprint density at radius 2 is 1.38 bits per heavy atom. The lowest BCUT2D eigenvalue weighted by molar-refractivity contribution is 0.476. The number of rotatable bonds is 3. The van der Waals surface area contributed by atoms with E-state index in [0.29, 0.717) is 17.2 Å². The maximum absolute atomic E-state index is 10.2. The molecule has 0 bridgehead atoms. The van der Waals surface area contributed by atoms with Crippen LogP contribution in [0.15, 0.2) is 79.1 Å². The maximum Gasteiger partial charge on any atom is 0.172 e. The van der Waals surface area contributed by atoms with Gasteiger partial charge in [-0.15, -0.1) is 10.2 Å². The molecule has 2 heterocycles. The van der Waals surface area contributed by atoms with Gasteiger partial charge in [-0.2, -0.15) is 0 Å². The van der Waals surface area contributed by atoms with Crippen LogP contribution in [-0.2, 0) is 0 Å². The van der Waals surface area contributed by atoms with Gasteiger partial charge >= 0.3 is 0 Å². The summed E-state index contributed by atoms with van der Waals surface area (Å²) in [6, 6.07) is 20.7. The van der Waals surface area contributed by atoms with Crippen molar-refractivity contribution in [2.75, 3.05) is 0 Å². The van der Waals surface area contributed by atoms with Gasteiger partial charge in [0.05, 0.1) is 11.3 Å². The molecule has 116 valence electrons. The highest BCUT2D eigenvalue weighted by atomic mass is 16.3. The van der Waals surface area contributed by atoms with Crippen molar-refractivity contribution in [1.29, 1.82) is 0 Å². The largest absolute Gasteiger partial charge is 0.507 e. The molecule has 5 heteroatoms. The van der Waals surface area contributed by atoms with Crippen LogP contribution in [0.5, 0.6) is 5.75 Å². The van der Waals surface area contributed by atoms with Gasteiger partial charge in [-0.3, -0.25) is 9.55 Å². The Hall–Kier alpha value is -3.47. The lowest BCUT2D eigenvalue weighted by Crippen LogP contribution is -2.00. The first-order valence-corrected chi connectivity index (χ1v) is 7.54. The zero-order chi connectivity index (χ0) is 16.4. The molecule has 2 aromatic carbocycles. The number of pyridine rings is 1. The number of hydrogen-bond donors (Lipinski definition) is 1. The van der Waals surface area contributed by atoms with E-state index >= 15 is 0 Å². The van der Waals surface area contributed by atoms with Crippen LogP contribution < -0.4 is 0 Å². The van der Waals surface area contributed by atoms with Crippen molar-refractivity contribution in [2.45, 2.75) is 0 Å². The summed E-state index contributed by atoms with van der Waals surface area (Å²) in [4.78, 5) is 4.07. The Bertz CT molecular complexity index is 965. The number of phenolic OH excluding ortho intramolecular Hbond substituents is 1. The van der Waals surface area contributed by atoms with E-state index in [-0.39, 0.29) is 5.75 Å². The monoisotopic (exact) mass is 314 g/mol. The quantitative estimate of drug-likeness (QED) is 0.626. The fourth-order valence-electron chi connectivity index (χ4n) is 2.63. The maximum atomic E-state index is 10.2. The Labute approximate surface area is 138 Å². The van der Waals surface area contributed by atoms with E-state index in [9.17, 15) is 5.11 Å². The lowest BCUT2D eigenvalue weighted by atomic mass is 10.1. The third kappa shape index (κ3) is 2.42. The van der Waals surface area contributed by atoms with Gasteiger partial charge in [-0.05, 0) is 24.3 Å². The molecule has 2 aromatic heterocycles. The smallest absolute Gasteiger partial charge is 0.172 e. The van der Waals surface area contributed by atoms with Crippen LogP contribution in [0.2, 0.25) is 0 Å². The van der Waals surface area contributed by atoms with E-state index in [4.69, 9.17) is 0 Å². The first-order valence-electron chi connectivity index (χ1n) is 7.54. The average Bonchev–Trinajstić information content (AvgIpc) is 3.08. The van der Waals surface area contributed by atoms with Crippen LogP contribution in [0, 0.1) is 0 Å². The summed E-state index contributed by atoms with van der Waals surface area (Å²) in [7, 11) is 0. The molecule has 0 atom stereocenters. The Kier molecular flexibility index (Phi) is 3.51. The van der Waals surface area contributed by atoms with Crippen molar-refractivity contribution >= 4 is 0 Å². The van der Waals surface area contributed by atoms with Crippen LogP contribution >= 0.6 is 0 Å². The second-order valence-corrected chi connectivity index (χ2v) is 5.27. The molecule has 0 aliphatic rings. The summed E-state index contributed by atoms with van der Waals surface area (Å²) in [5, 5.41) is 18.9. The normalized spacial score (nSPS) is 10.7. The number of nitrogens with zero attached hydrogens (tertiary/aromatic N) is 4. The fraction of sp³-hybridized carbons (Fsp3) is 0. The number of hydrogen-bond acceptors (Lipinski definition) is 4. The molecule has 0 amide bonds. The molecule has 1 N–H and O–H groups in total.